The van der Waals surface area contributed by atoms with Gasteiger partial charge in [0, 0.05) is 24.7 Å². The van der Waals surface area contributed by atoms with Gasteiger partial charge < -0.3 is 5.11 Å². The molecule has 0 amide bonds. The molecule has 1 aliphatic heterocycles. The van der Waals surface area contributed by atoms with Crippen LogP contribution in [0.5, 0.6) is 0 Å². The second-order valence-electron chi connectivity index (χ2n) is 5.83. The summed E-state index contributed by atoms with van der Waals surface area (Å²) >= 11 is 0. The van der Waals surface area contributed by atoms with E-state index in [0.717, 1.165) is 44.4 Å². The number of hydrogen-bond donors (Lipinski definition) is 1. The average Bonchev–Trinajstić information content (AvgIpc) is 3.07. The zero-order valence-electron chi connectivity index (χ0n) is 11.7. The second kappa shape index (κ2) is 5.62. The van der Waals surface area contributed by atoms with E-state index in [1.54, 1.807) is 0 Å². The summed E-state index contributed by atoms with van der Waals surface area (Å²) < 4.78 is 40.1. The SMILES string of the molecule is O=S(=O)(c1cncc(F)c1)N1CCCC1C1CCCC1O. The van der Waals surface area contributed by atoms with Crippen LogP contribution in [0.1, 0.15) is 32.1 Å². The molecule has 0 radical (unpaired) electrons. The molecule has 5 nitrogen and oxygen atoms in total. The van der Waals surface area contributed by atoms with Crippen LogP contribution in [0.15, 0.2) is 23.4 Å². The number of hydrogen-bond acceptors (Lipinski definition) is 4. The molecule has 0 spiro atoms. The molecule has 1 saturated heterocycles. The number of aromatic nitrogens is 1. The van der Waals surface area contributed by atoms with Gasteiger partial charge in [-0.15, -0.1) is 0 Å². The van der Waals surface area contributed by atoms with Crippen LogP contribution in [-0.2, 0) is 10.0 Å². The highest BCUT2D eigenvalue weighted by Gasteiger charge is 2.43. The highest BCUT2D eigenvalue weighted by Crippen LogP contribution is 2.38. The summed E-state index contributed by atoms with van der Waals surface area (Å²) in [6.45, 7) is 0.423. The molecule has 3 atom stereocenters. The lowest BCUT2D eigenvalue weighted by atomic mass is 9.95. The lowest BCUT2D eigenvalue weighted by molar-refractivity contribution is 0.0974. The van der Waals surface area contributed by atoms with Crippen molar-refractivity contribution in [2.75, 3.05) is 6.54 Å². The van der Waals surface area contributed by atoms with Gasteiger partial charge in [0.25, 0.3) is 0 Å². The monoisotopic (exact) mass is 314 g/mol. The Balaban J connectivity index is 1.90. The predicted molar refractivity (Wildman–Crippen MR) is 74.5 cm³/mol. The summed E-state index contributed by atoms with van der Waals surface area (Å²) in [6.07, 6.45) is 5.77. The van der Waals surface area contributed by atoms with E-state index in [4.69, 9.17) is 0 Å². The van der Waals surface area contributed by atoms with Gasteiger partial charge in [-0.25, -0.2) is 12.8 Å². The first-order valence-corrected chi connectivity index (χ1v) is 8.74. The molecule has 1 N–H and O–H groups in total. The summed E-state index contributed by atoms with van der Waals surface area (Å²) in [5.41, 5.74) is 0. The van der Waals surface area contributed by atoms with E-state index < -0.39 is 21.9 Å². The van der Waals surface area contributed by atoms with E-state index in [1.807, 2.05) is 0 Å². The van der Waals surface area contributed by atoms with Gasteiger partial charge in [-0.2, -0.15) is 4.31 Å². The minimum Gasteiger partial charge on any atom is -0.393 e. The summed E-state index contributed by atoms with van der Waals surface area (Å²) in [7, 11) is -3.75. The van der Waals surface area contributed by atoms with Gasteiger partial charge in [-0.05, 0) is 31.7 Å². The summed E-state index contributed by atoms with van der Waals surface area (Å²) in [6, 6.07) is 0.818. The third-order valence-electron chi connectivity index (χ3n) is 4.56. The molecule has 2 heterocycles. The molecular weight excluding hydrogens is 295 g/mol. The standard InChI is InChI=1S/C14H19FN2O3S/c15-10-7-11(9-16-8-10)21(19,20)17-6-2-4-13(17)12-3-1-5-14(12)18/h7-9,12-14,18H,1-6H2. The normalized spacial score (nSPS) is 30.9. The van der Waals surface area contributed by atoms with Crippen LogP contribution in [0, 0.1) is 11.7 Å². The maximum atomic E-state index is 13.3. The van der Waals surface area contributed by atoms with Gasteiger partial charge in [0.05, 0.1) is 12.3 Å². The van der Waals surface area contributed by atoms with Crippen molar-refractivity contribution in [3.63, 3.8) is 0 Å². The molecule has 1 aromatic rings. The quantitative estimate of drug-likeness (QED) is 0.918. The molecule has 2 aliphatic rings. The van der Waals surface area contributed by atoms with Gasteiger partial charge in [0.1, 0.15) is 10.7 Å². The number of sulfonamides is 1. The Morgan fingerprint density at radius 1 is 1.24 bits per heavy atom. The first kappa shape index (κ1) is 14.9. The molecular formula is C14H19FN2O3S. The topological polar surface area (TPSA) is 70.5 Å². The molecule has 7 heteroatoms. The largest absolute Gasteiger partial charge is 0.393 e. The summed E-state index contributed by atoms with van der Waals surface area (Å²) in [5.74, 6) is -0.670. The third kappa shape index (κ3) is 2.69. The van der Waals surface area contributed by atoms with Crippen LogP contribution in [0.25, 0.3) is 0 Å². The number of halogens is 1. The number of aliphatic hydroxyl groups is 1. The van der Waals surface area contributed by atoms with Gasteiger partial charge >= 0.3 is 0 Å². The van der Waals surface area contributed by atoms with Crippen molar-refractivity contribution in [1.29, 1.82) is 0 Å². The number of aliphatic hydroxyl groups excluding tert-OH is 1. The van der Waals surface area contributed by atoms with E-state index in [0.29, 0.717) is 6.54 Å². The van der Waals surface area contributed by atoms with Crippen LogP contribution >= 0.6 is 0 Å². The fraction of sp³-hybridized carbons (Fsp3) is 0.643. The summed E-state index contributed by atoms with van der Waals surface area (Å²) in [5, 5.41) is 10.1. The predicted octanol–water partition coefficient (Wildman–Crippen LogP) is 1.53. The Morgan fingerprint density at radius 2 is 2.05 bits per heavy atom. The molecule has 3 rings (SSSR count). The van der Waals surface area contributed by atoms with Crippen molar-refractivity contribution >= 4 is 10.0 Å². The molecule has 21 heavy (non-hydrogen) atoms. The minimum absolute atomic E-state index is 0.0104. The number of nitrogens with zero attached hydrogens (tertiary/aromatic N) is 2. The smallest absolute Gasteiger partial charge is 0.244 e. The number of pyridine rings is 1. The van der Waals surface area contributed by atoms with E-state index >= 15 is 0 Å². The van der Waals surface area contributed by atoms with Gasteiger partial charge in [-0.1, -0.05) is 6.42 Å². The van der Waals surface area contributed by atoms with Crippen molar-refractivity contribution in [2.45, 2.75) is 49.1 Å². The molecule has 1 aliphatic carbocycles. The molecule has 0 bridgehead atoms. The highest BCUT2D eigenvalue weighted by molar-refractivity contribution is 7.89. The van der Waals surface area contributed by atoms with Crippen molar-refractivity contribution in [1.82, 2.24) is 9.29 Å². The maximum Gasteiger partial charge on any atom is 0.244 e. The minimum atomic E-state index is -3.75. The Labute approximate surface area is 123 Å². The van der Waals surface area contributed by atoms with E-state index in [2.05, 4.69) is 4.98 Å². The second-order valence-corrected chi connectivity index (χ2v) is 7.72. The van der Waals surface area contributed by atoms with Crippen LogP contribution < -0.4 is 0 Å². The average molecular weight is 314 g/mol. The maximum absolute atomic E-state index is 13.3. The Morgan fingerprint density at radius 3 is 2.71 bits per heavy atom. The molecule has 0 aromatic carbocycles. The van der Waals surface area contributed by atoms with E-state index in [-0.39, 0.29) is 16.9 Å². The van der Waals surface area contributed by atoms with E-state index in [1.165, 1.54) is 10.5 Å². The first-order chi connectivity index (χ1) is 10.00. The lowest BCUT2D eigenvalue weighted by Crippen LogP contribution is -2.42. The Hall–Kier alpha value is -1.05. The molecule has 2 fully saturated rings. The summed E-state index contributed by atoms with van der Waals surface area (Å²) in [4.78, 5) is 3.52. The number of rotatable bonds is 3. The van der Waals surface area contributed by atoms with Gasteiger partial charge in [-0.3, -0.25) is 4.98 Å². The van der Waals surface area contributed by atoms with Crippen molar-refractivity contribution in [3.05, 3.63) is 24.3 Å². The van der Waals surface area contributed by atoms with Crippen molar-refractivity contribution in [2.24, 2.45) is 5.92 Å². The molecule has 1 saturated carbocycles. The zero-order valence-corrected chi connectivity index (χ0v) is 12.5. The lowest BCUT2D eigenvalue weighted by Gasteiger charge is -2.30. The van der Waals surface area contributed by atoms with Crippen LogP contribution in [0.4, 0.5) is 4.39 Å². The van der Waals surface area contributed by atoms with Gasteiger partial charge in [0.2, 0.25) is 10.0 Å². The van der Waals surface area contributed by atoms with Crippen LogP contribution in [0.2, 0.25) is 0 Å². The Kier molecular flexibility index (Phi) is 3.98. The zero-order chi connectivity index (χ0) is 15.0. The molecule has 116 valence electrons. The fourth-order valence-corrected chi connectivity index (χ4v) is 5.29. The van der Waals surface area contributed by atoms with Crippen molar-refractivity contribution < 1.29 is 17.9 Å². The molecule has 3 unspecified atom stereocenters. The van der Waals surface area contributed by atoms with Crippen molar-refractivity contribution in [3.8, 4) is 0 Å². The third-order valence-corrected chi connectivity index (χ3v) is 6.45. The van der Waals surface area contributed by atoms with Crippen LogP contribution in [-0.4, -0.2) is 41.5 Å². The Bertz CT molecular complexity index is 622. The molecule has 1 aromatic heterocycles. The van der Waals surface area contributed by atoms with Gasteiger partial charge in [0.15, 0.2) is 0 Å². The first-order valence-electron chi connectivity index (χ1n) is 7.30. The van der Waals surface area contributed by atoms with E-state index in [9.17, 15) is 17.9 Å². The van der Waals surface area contributed by atoms with Crippen LogP contribution in [0.3, 0.4) is 0 Å². The fourth-order valence-electron chi connectivity index (χ4n) is 3.58. The highest BCUT2D eigenvalue weighted by atomic mass is 32.2.